The van der Waals surface area contributed by atoms with Crippen LogP contribution in [-0.2, 0) is 13.9 Å². The largest absolute Gasteiger partial charge is 0.526 e. The quantitative estimate of drug-likeness (QED) is 0.425. The van der Waals surface area contributed by atoms with Crippen LogP contribution >= 0.6 is 20.5 Å². The molecule has 0 bridgehead atoms. The Labute approximate surface area is 63.0 Å². The Kier molecular flexibility index (Phi) is 3.96. The highest BCUT2D eigenvalue weighted by Crippen LogP contribution is 2.36. The topological polar surface area (TPSA) is 83.8 Å². The Balaban J connectivity index is 3.70. The normalized spacial score (nSPS) is 11.1. The summed E-state index contributed by atoms with van der Waals surface area (Å²) in [6, 6.07) is 0. The molecule has 0 saturated carbocycles. The van der Waals surface area contributed by atoms with Crippen molar-refractivity contribution in [1.82, 2.24) is 0 Å². The third-order valence-corrected chi connectivity index (χ3v) is 1.20. The second-order valence-corrected chi connectivity index (χ2v) is 3.04. The molecule has 0 atom stereocenters. The van der Waals surface area contributed by atoms with Gasteiger partial charge in [0, 0.05) is 5.75 Å². The van der Waals surface area contributed by atoms with E-state index in [1.54, 1.807) is 0 Å². The molecule has 0 unspecified atom stereocenters. The van der Waals surface area contributed by atoms with Crippen molar-refractivity contribution in [2.75, 3.05) is 5.75 Å². The van der Waals surface area contributed by atoms with Crippen LogP contribution in [0.3, 0.4) is 0 Å². The molecular formula is C3H7O5PS. The number of hydrogen-bond donors (Lipinski definition) is 3. The molecule has 60 valence electrons. The minimum absolute atomic E-state index is 0.103. The van der Waals surface area contributed by atoms with Gasteiger partial charge in [0.25, 0.3) is 0 Å². The molecule has 0 aromatic heterocycles. The van der Waals surface area contributed by atoms with Crippen LogP contribution in [0.1, 0.15) is 6.42 Å². The van der Waals surface area contributed by atoms with Gasteiger partial charge in [-0.05, 0) is 0 Å². The average Bonchev–Trinajstić information content (AvgIpc) is 1.59. The lowest BCUT2D eigenvalue weighted by atomic mass is 10.5. The van der Waals surface area contributed by atoms with Gasteiger partial charge in [0.2, 0.25) is 0 Å². The summed E-state index contributed by atoms with van der Waals surface area (Å²) in [5.74, 6) is -0.734. The third kappa shape index (κ3) is 6.10. The van der Waals surface area contributed by atoms with Crippen LogP contribution in [-0.4, -0.2) is 21.5 Å². The summed E-state index contributed by atoms with van der Waals surface area (Å²) in [6.45, 7) is 0. The molecule has 0 heterocycles. The van der Waals surface area contributed by atoms with E-state index in [1.807, 2.05) is 0 Å². The lowest BCUT2D eigenvalue weighted by Gasteiger charge is -2.02. The van der Waals surface area contributed by atoms with Gasteiger partial charge >= 0.3 is 13.8 Å². The predicted octanol–water partition coefficient (Wildman–Crippen LogP) is -0.0578. The average molecular weight is 186 g/mol. The molecule has 2 N–H and O–H groups in total. The number of hydrogen-bond acceptors (Lipinski definition) is 4. The van der Waals surface area contributed by atoms with Gasteiger partial charge in [0.1, 0.15) is 0 Å². The second-order valence-electron chi connectivity index (χ2n) is 1.43. The van der Waals surface area contributed by atoms with Crippen molar-refractivity contribution in [2.24, 2.45) is 0 Å². The first kappa shape index (κ1) is 9.97. The van der Waals surface area contributed by atoms with Crippen molar-refractivity contribution in [3.05, 3.63) is 0 Å². The third-order valence-electron chi connectivity index (χ3n) is 0.537. The van der Waals surface area contributed by atoms with Crippen molar-refractivity contribution in [3.63, 3.8) is 0 Å². The summed E-state index contributed by atoms with van der Waals surface area (Å²) in [4.78, 5) is 26.4. The lowest BCUT2D eigenvalue weighted by Crippen LogP contribution is -2.02. The molecule has 0 aliphatic heterocycles. The van der Waals surface area contributed by atoms with Crippen LogP contribution in [0.15, 0.2) is 0 Å². The Hall–Kier alpha value is -0.0300. The van der Waals surface area contributed by atoms with E-state index >= 15 is 0 Å². The molecule has 0 saturated heterocycles. The molecule has 0 spiro atoms. The van der Waals surface area contributed by atoms with Crippen LogP contribution in [0.5, 0.6) is 0 Å². The smallest absolute Gasteiger partial charge is 0.371 e. The molecule has 0 aliphatic rings. The van der Waals surface area contributed by atoms with E-state index in [2.05, 4.69) is 17.2 Å². The highest BCUT2D eigenvalue weighted by atomic mass is 32.1. The molecular weight excluding hydrogens is 179 g/mol. The highest BCUT2D eigenvalue weighted by Gasteiger charge is 2.19. The van der Waals surface area contributed by atoms with Crippen molar-refractivity contribution >= 4 is 26.4 Å². The number of phosphoric acid groups is 1. The summed E-state index contributed by atoms with van der Waals surface area (Å²) >= 11 is 3.66. The van der Waals surface area contributed by atoms with Gasteiger partial charge < -0.3 is 4.52 Å². The van der Waals surface area contributed by atoms with Gasteiger partial charge in [-0.2, -0.15) is 12.6 Å². The second kappa shape index (κ2) is 3.98. The van der Waals surface area contributed by atoms with Gasteiger partial charge in [-0.25, -0.2) is 4.57 Å². The zero-order chi connectivity index (χ0) is 8.20. The number of carbonyl (C=O) groups is 1. The Morgan fingerprint density at radius 2 is 2.10 bits per heavy atom. The molecule has 0 aliphatic carbocycles. The summed E-state index contributed by atoms with van der Waals surface area (Å²) in [6.07, 6.45) is -0.103. The molecule has 0 fully saturated rings. The van der Waals surface area contributed by atoms with Crippen molar-refractivity contribution in [1.29, 1.82) is 0 Å². The minimum Gasteiger partial charge on any atom is -0.371 e. The number of phosphoric ester groups is 1. The molecule has 7 heteroatoms. The van der Waals surface area contributed by atoms with Crippen LogP contribution in [0.4, 0.5) is 0 Å². The van der Waals surface area contributed by atoms with E-state index < -0.39 is 13.8 Å². The maximum atomic E-state index is 10.3. The fourth-order valence-corrected chi connectivity index (χ4v) is 0.809. The molecule has 0 aromatic rings. The zero-order valence-corrected chi connectivity index (χ0v) is 6.72. The van der Waals surface area contributed by atoms with Crippen LogP contribution in [0.25, 0.3) is 0 Å². The Bertz CT molecular complexity index is 162. The highest BCUT2D eigenvalue weighted by molar-refractivity contribution is 7.80. The maximum Gasteiger partial charge on any atom is 0.526 e. The van der Waals surface area contributed by atoms with E-state index in [9.17, 15) is 9.36 Å². The van der Waals surface area contributed by atoms with Crippen LogP contribution in [0, 0.1) is 0 Å². The first-order chi connectivity index (χ1) is 4.45. The minimum atomic E-state index is -4.64. The fourth-order valence-electron chi connectivity index (χ4n) is 0.270. The summed E-state index contributed by atoms with van der Waals surface area (Å²) < 4.78 is 13.6. The van der Waals surface area contributed by atoms with E-state index in [-0.39, 0.29) is 12.2 Å². The summed E-state index contributed by atoms with van der Waals surface area (Å²) in [7, 11) is -4.64. The fraction of sp³-hybridized carbons (Fsp3) is 0.667. The van der Waals surface area contributed by atoms with E-state index in [0.29, 0.717) is 0 Å². The summed E-state index contributed by atoms with van der Waals surface area (Å²) in [5, 5.41) is 0. The monoisotopic (exact) mass is 186 g/mol. The van der Waals surface area contributed by atoms with Crippen molar-refractivity contribution < 1.29 is 23.7 Å². The predicted molar refractivity (Wildman–Crippen MR) is 36.6 cm³/mol. The van der Waals surface area contributed by atoms with Gasteiger partial charge in [0.05, 0.1) is 6.42 Å². The van der Waals surface area contributed by atoms with Gasteiger partial charge in [0.15, 0.2) is 0 Å². The van der Waals surface area contributed by atoms with Crippen LogP contribution in [0.2, 0.25) is 0 Å². The van der Waals surface area contributed by atoms with E-state index in [0.717, 1.165) is 0 Å². The zero-order valence-electron chi connectivity index (χ0n) is 4.93. The molecule has 0 amide bonds. The summed E-state index contributed by atoms with van der Waals surface area (Å²) in [5.41, 5.74) is 0. The molecule has 0 radical (unpaired) electrons. The Morgan fingerprint density at radius 1 is 1.60 bits per heavy atom. The van der Waals surface area contributed by atoms with Gasteiger partial charge in [-0.15, -0.1) is 0 Å². The molecule has 0 aromatic carbocycles. The van der Waals surface area contributed by atoms with Gasteiger partial charge in [-0.1, -0.05) is 0 Å². The first-order valence-electron chi connectivity index (χ1n) is 2.34. The maximum absolute atomic E-state index is 10.3. The standard InChI is InChI=1S/C3H7O5PS/c4-3(1-2-10)8-9(5,6)7/h10H,1-2H2,(H2,5,6,7). The number of carbonyl (C=O) groups excluding carboxylic acids is 1. The first-order valence-corrected chi connectivity index (χ1v) is 4.51. The lowest BCUT2D eigenvalue weighted by molar-refractivity contribution is -0.135. The molecule has 10 heavy (non-hydrogen) atoms. The Morgan fingerprint density at radius 3 is 2.40 bits per heavy atom. The molecule has 0 rings (SSSR count). The van der Waals surface area contributed by atoms with Crippen molar-refractivity contribution in [2.45, 2.75) is 6.42 Å². The number of thiol groups is 1. The SMILES string of the molecule is O=C(CCS)OP(=O)(O)O. The van der Waals surface area contributed by atoms with Crippen molar-refractivity contribution in [3.8, 4) is 0 Å². The number of rotatable bonds is 3. The van der Waals surface area contributed by atoms with E-state index in [1.165, 1.54) is 0 Å². The van der Waals surface area contributed by atoms with Crippen LogP contribution < -0.4 is 0 Å². The van der Waals surface area contributed by atoms with Gasteiger partial charge in [-0.3, -0.25) is 14.6 Å². The molecule has 5 nitrogen and oxygen atoms in total. The van der Waals surface area contributed by atoms with E-state index in [4.69, 9.17) is 9.79 Å².